The minimum atomic E-state index is -1.58. The fourth-order valence-corrected chi connectivity index (χ4v) is 10.1. The second-order valence-corrected chi connectivity index (χ2v) is 16.1. The first-order chi connectivity index (χ1) is 25.1. The number of halogens is 1. The highest BCUT2D eigenvalue weighted by Gasteiger charge is 2.52. The zero-order valence-electron chi connectivity index (χ0n) is 29.5. The number of aliphatic hydroxyl groups excluding tert-OH is 1. The van der Waals surface area contributed by atoms with Crippen LogP contribution >= 0.6 is 11.8 Å². The number of benzene rings is 3. The summed E-state index contributed by atoms with van der Waals surface area (Å²) in [6, 6.07) is 26.0. The predicted molar refractivity (Wildman–Crippen MR) is 201 cm³/mol. The normalized spacial score (nSPS) is 27.3. The van der Waals surface area contributed by atoms with E-state index >= 15 is 0 Å². The van der Waals surface area contributed by atoms with Crippen molar-refractivity contribution >= 4 is 23.6 Å². The average molecular weight is 718 g/mol. The summed E-state index contributed by atoms with van der Waals surface area (Å²) in [5.41, 5.74) is 4.90. The van der Waals surface area contributed by atoms with E-state index in [1.165, 1.54) is 29.5 Å². The molecule has 52 heavy (non-hydrogen) atoms. The maximum atomic E-state index is 14.0. The molecule has 0 saturated heterocycles. The number of allylic oxidation sites excluding steroid dienone is 1. The lowest BCUT2D eigenvalue weighted by molar-refractivity contribution is -0.142. The van der Waals surface area contributed by atoms with E-state index < -0.39 is 17.6 Å². The van der Waals surface area contributed by atoms with Crippen molar-refractivity contribution in [3.05, 3.63) is 114 Å². The van der Waals surface area contributed by atoms with E-state index in [0.717, 1.165) is 53.8 Å². The first kappa shape index (κ1) is 34.8. The fourth-order valence-electron chi connectivity index (χ4n) is 9.29. The van der Waals surface area contributed by atoms with Crippen LogP contribution < -0.4 is 0 Å². The van der Waals surface area contributed by atoms with Crippen LogP contribution in [0, 0.1) is 29.0 Å². The van der Waals surface area contributed by atoms with E-state index in [-0.39, 0.29) is 34.6 Å². The van der Waals surface area contributed by atoms with Crippen LogP contribution in [0.5, 0.6) is 0 Å². The van der Waals surface area contributed by atoms with Gasteiger partial charge >= 0.3 is 0 Å². The Morgan fingerprint density at radius 2 is 1.73 bits per heavy atom. The Labute approximate surface area is 308 Å². The number of nitrogens with zero attached hydrogens (tertiary/aromatic N) is 3. The van der Waals surface area contributed by atoms with Gasteiger partial charge in [-0.05, 0) is 104 Å². The summed E-state index contributed by atoms with van der Waals surface area (Å²) in [5.74, 6) is -0.0925. The van der Waals surface area contributed by atoms with Crippen LogP contribution in [-0.4, -0.2) is 48.2 Å². The number of rotatable bonds is 7. The second-order valence-electron chi connectivity index (χ2n) is 15.2. The fraction of sp³-hybridized carbons (Fsp3) is 0.372. The predicted octanol–water partition coefficient (Wildman–Crippen LogP) is 8.97. The Morgan fingerprint density at radius 3 is 2.46 bits per heavy atom. The molecule has 268 valence electrons. The molecule has 2 heterocycles. The Kier molecular flexibility index (Phi) is 9.30. The molecule has 6 atom stereocenters. The molecule has 9 heteroatoms. The van der Waals surface area contributed by atoms with Crippen molar-refractivity contribution in [3.8, 4) is 28.3 Å². The van der Waals surface area contributed by atoms with E-state index in [1.807, 2.05) is 78.5 Å². The molecule has 8 rings (SSSR count). The van der Waals surface area contributed by atoms with Crippen LogP contribution in [0.15, 0.2) is 106 Å². The van der Waals surface area contributed by atoms with Gasteiger partial charge in [0.15, 0.2) is 11.5 Å². The molecule has 0 amide bonds. The van der Waals surface area contributed by atoms with Gasteiger partial charge in [0.1, 0.15) is 17.1 Å². The highest BCUT2D eigenvalue weighted by Crippen LogP contribution is 2.57. The number of aliphatic hydroxyl groups is 2. The van der Waals surface area contributed by atoms with Gasteiger partial charge < -0.3 is 14.6 Å². The van der Waals surface area contributed by atoms with Crippen LogP contribution in [-0.2, 0) is 11.2 Å². The number of thioether (sulfide) groups is 1. The summed E-state index contributed by atoms with van der Waals surface area (Å²) in [4.78, 5) is 18.8. The molecule has 2 fully saturated rings. The van der Waals surface area contributed by atoms with Gasteiger partial charge in [-0.1, -0.05) is 91.8 Å². The zero-order valence-corrected chi connectivity index (χ0v) is 30.4. The van der Waals surface area contributed by atoms with Crippen LogP contribution in [0.25, 0.3) is 34.3 Å². The van der Waals surface area contributed by atoms with Gasteiger partial charge in [0, 0.05) is 11.1 Å². The summed E-state index contributed by atoms with van der Waals surface area (Å²) in [6.45, 7) is 4.18. The van der Waals surface area contributed by atoms with Gasteiger partial charge in [-0.25, -0.2) is 14.1 Å². The largest absolute Gasteiger partial charge is 0.431 e. The molecule has 0 bridgehead atoms. The number of fused-ring (bicyclic) bond motifs is 4. The summed E-state index contributed by atoms with van der Waals surface area (Å²) >= 11 is 1.21. The first-order valence-electron chi connectivity index (χ1n) is 18.4. The van der Waals surface area contributed by atoms with Gasteiger partial charge in [0.2, 0.25) is 0 Å². The molecule has 0 radical (unpaired) electrons. The number of hydrogen-bond acceptors (Lipinski definition) is 7. The van der Waals surface area contributed by atoms with E-state index in [1.54, 1.807) is 12.1 Å². The Morgan fingerprint density at radius 1 is 1.02 bits per heavy atom. The van der Waals surface area contributed by atoms with E-state index in [0.29, 0.717) is 35.9 Å². The molecule has 0 spiro atoms. The quantitative estimate of drug-likeness (QED) is 0.162. The lowest BCUT2D eigenvalue weighted by atomic mass is 9.53. The summed E-state index contributed by atoms with van der Waals surface area (Å²) in [5, 5.41) is 29.3. The molecule has 3 aromatic carbocycles. The van der Waals surface area contributed by atoms with Gasteiger partial charge in [0.25, 0.3) is 5.22 Å². The highest BCUT2D eigenvalue weighted by molar-refractivity contribution is 7.99. The first-order valence-corrected chi connectivity index (χ1v) is 19.3. The van der Waals surface area contributed by atoms with Crippen LogP contribution in [0.3, 0.4) is 0 Å². The van der Waals surface area contributed by atoms with Crippen molar-refractivity contribution in [1.82, 2.24) is 14.8 Å². The van der Waals surface area contributed by atoms with Gasteiger partial charge in [-0.15, -0.1) is 0 Å². The number of Topliss-reactive ketones (excluding diaryl/α,β-unsaturated/α-hetero) is 1. The molecule has 2 N–H and O–H groups in total. The van der Waals surface area contributed by atoms with Crippen molar-refractivity contribution < 1.29 is 23.8 Å². The van der Waals surface area contributed by atoms with Crippen LogP contribution in [0.1, 0.15) is 63.6 Å². The summed E-state index contributed by atoms with van der Waals surface area (Å²) in [7, 11) is 0. The molecule has 6 unspecified atom stereocenters. The lowest BCUT2D eigenvalue weighted by Gasteiger charge is -2.51. The SMILES string of the molecule is CC1CC(O)C2C(CCCC1(O)C(=O)CSc1nc(-c3ccccc3)c(-c3ccccc3)o1)CCC1=Cc3c(cnn3-c3ccc(F)cc3)CC12C. The van der Waals surface area contributed by atoms with Crippen molar-refractivity contribution in [2.24, 2.45) is 23.2 Å². The van der Waals surface area contributed by atoms with E-state index in [4.69, 9.17) is 9.40 Å². The third kappa shape index (κ3) is 6.26. The van der Waals surface area contributed by atoms with Crippen LogP contribution in [0.2, 0.25) is 0 Å². The smallest absolute Gasteiger partial charge is 0.257 e. The standard InChI is InChI=1S/C43H44FN3O4S/c1-27-22-36(48)38-28(15-16-32-23-35-31(24-42(32,38)2)25-45-47(35)34-19-17-33(44)18-20-34)14-9-21-43(27,50)37(49)26-52-41-46-39(29-10-5-3-6-11-29)40(51-41)30-12-7-4-8-13-30/h3-8,10-13,17-20,23,25,27-28,36,38,48,50H,9,14-16,21-22,24,26H2,1-2H3. The molecule has 3 aliphatic carbocycles. The van der Waals surface area contributed by atoms with Crippen molar-refractivity contribution in [3.63, 3.8) is 0 Å². The maximum Gasteiger partial charge on any atom is 0.257 e. The summed E-state index contributed by atoms with van der Waals surface area (Å²) < 4.78 is 21.8. The minimum absolute atomic E-state index is 0.0121. The number of aromatic nitrogens is 3. The molecule has 2 saturated carbocycles. The third-order valence-corrected chi connectivity index (χ3v) is 12.9. The zero-order chi connectivity index (χ0) is 36.0. The molecular formula is C43H44FN3O4S. The maximum absolute atomic E-state index is 14.0. The monoisotopic (exact) mass is 717 g/mol. The van der Waals surface area contributed by atoms with Gasteiger partial charge in [-0.2, -0.15) is 5.10 Å². The number of oxazole rings is 1. The van der Waals surface area contributed by atoms with Crippen molar-refractivity contribution in [1.29, 1.82) is 0 Å². The molecule has 2 aromatic heterocycles. The Balaban J connectivity index is 1.01. The molecule has 3 aliphatic rings. The Hall–Kier alpha value is -4.31. The second kappa shape index (κ2) is 13.9. The number of carbonyl (C=O) groups is 1. The molecule has 7 nitrogen and oxygen atoms in total. The average Bonchev–Trinajstić information content (AvgIpc) is 3.78. The van der Waals surface area contributed by atoms with Crippen molar-refractivity contribution in [2.75, 3.05) is 5.75 Å². The Bertz CT molecular complexity index is 2040. The van der Waals surface area contributed by atoms with Crippen molar-refractivity contribution in [2.45, 2.75) is 75.7 Å². The van der Waals surface area contributed by atoms with Gasteiger partial charge in [-0.3, -0.25) is 4.79 Å². The number of hydrogen-bond donors (Lipinski definition) is 2. The number of carbonyl (C=O) groups excluding carboxylic acids is 1. The van der Waals surface area contributed by atoms with E-state index in [9.17, 15) is 19.4 Å². The lowest BCUT2D eigenvalue weighted by Crippen LogP contribution is -2.50. The van der Waals surface area contributed by atoms with Crippen LogP contribution in [0.4, 0.5) is 4.39 Å². The van der Waals surface area contributed by atoms with Gasteiger partial charge in [0.05, 0.1) is 29.4 Å². The number of ketones is 1. The summed E-state index contributed by atoms with van der Waals surface area (Å²) in [6.07, 6.45) is 8.26. The molecule has 5 aromatic rings. The highest BCUT2D eigenvalue weighted by atomic mass is 32.2. The topological polar surface area (TPSA) is 101 Å². The molecule has 0 aliphatic heterocycles. The minimum Gasteiger partial charge on any atom is -0.431 e. The molecular weight excluding hydrogens is 674 g/mol. The third-order valence-electron chi connectivity index (χ3n) is 12.0. The van der Waals surface area contributed by atoms with E-state index in [2.05, 4.69) is 18.1 Å².